The normalized spacial score (nSPS) is 12.3. The molecule has 0 bridgehead atoms. The van der Waals surface area contributed by atoms with Gasteiger partial charge < -0.3 is 14.6 Å². The lowest BCUT2D eigenvalue weighted by Crippen LogP contribution is -2.32. The number of carbonyl (C=O) groups is 1. The van der Waals surface area contributed by atoms with Crippen molar-refractivity contribution in [2.24, 2.45) is 0 Å². The molecule has 0 spiro atoms. The first kappa shape index (κ1) is 13.7. The van der Waals surface area contributed by atoms with Gasteiger partial charge in [-0.3, -0.25) is 0 Å². The largest absolute Gasteiger partial charge is 0.510 e. The Kier molecular flexibility index (Phi) is 5.68. The molecule has 0 aromatic heterocycles. The fraction of sp³-hybridized carbons (Fsp3) is 0.571. The maximum absolute atomic E-state index is 12.2. The SMILES string of the molecule is O=C(O)O/C=C/COCC(F)(F)C(F)F. The van der Waals surface area contributed by atoms with Gasteiger partial charge in [-0.05, 0) is 6.08 Å². The van der Waals surface area contributed by atoms with E-state index >= 15 is 0 Å². The van der Waals surface area contributed by atoms with Crippen LogP contribution in [0.15, 0.2) is 12.3 Å². The number of carboxylic acid groups (broad SMARTS) is 1. The molecule has 0 saturated heterocycles. The van der Waals surface area contributed by atoms with Crippen LogP contribution >= 0.6 is 0 Å². The van der Waals surface area contributed by atoms with E-state index in [1.807, 2.05) is 0 Å². The molecule has 0 heterocycles. The monoisotopic (exact) mass is 232 g/mol. The summed E-state index contributed by atoms with van der Waals surface area (Å²) in [6.07, 6.45) is -3.74. The van der Waals surface area contributed by atoms with E-state index in [0.29, 0.717) is 6.26 Å². The number of ether oxygens (including phenoxy) is 2. The molecule has 0 aromatic carbocycles. The molecule has 8 heteroatoms. The molecule has 4 nitrogen and oxygen atoms in total. The predicted molar refractivity (Wildman–Crippen MR) is 40.0 cm³/mol. The summed E-state index contributed by atoms with van der Waals surface area (Å²) >= 11 is 0. The minimum Gasteiger partial charge on any atom is -0.449 e. The summed E-state index contributed by atoms with van der Waals surface area (Å²) in [7, 11) is 0. The third kappa shape index (κ3) is 6.72. The Morgan fingerprint density at radius 1 is 1.47 bits per heavy atom. The lowest BCUT2D eigenvalue weighted by atomic mass is 10.4. The maximum atomic E-state index is 12.2. The summed E-state index contributed by atoms with van der Waals surface area (Å²) in [5.74, 6) is -4.21. The number of hydrogen-bond donors (Lipinski definition) is 1. The number of rotatable bonds is 6. The van der Waals surface area contributed by atoms with Crippen molar-refractivity contribution in [3.8, 4) is 0 Å². The molecule has 0 aromatic rings. The van der Waals surface area contributed by atoms with E-state index in [2.05, 4.69) is 9.47 Å². The van der Waals surface area contributed by atoms with Gasteiger partial charge in [-0.25, -0.2) is 13.6 Å². The number of alkyl halides is 4. The smallest absolute Gasteiger partial charge is 0.449 e. The highest BCUT2D eigenvalue weighted by Crippen LogP contribution is 2.22. The zero-order chi connectivity index (χ0) is 11.9. The molecule has 88 valence electrons. The van der Waals surface area contributed by atoms with Gasteiger partial charge in [-0.15, -0.1) is 0 Å². The average molecular weight is 232 g/mol. The van der Waals surface area contributed by atoms with Crippen molar-refractivity contribution >= 4 is 6.16 Å². The van der Waals surface area contributed by atoms with Crippen molar-refractivity contribution in [3.05, 3.63) is 12.3 Å². The number of halogens is 4. The molecule has 0 fully saturated rings. The Hall–Kier alpha value is -1.31. The number of hydrogen-bond acceptors (Lipinski definition) is 3. The van der Waals surface area contributed by atoms with Gasteiger partial charge in [-0.1, -0.05) is 0 Å². The third-order valence-electron chi connectivity index (χ3n) is 1.09. The van der Waals surface area contributed by atoms with Crippen molar-refractivity contribution in [2.45, 2.75) is 12.3 Å². The predicted octanol–water partition coefficient (Wildman–Crippen LogP) is 2.11. The minimum absolute atomic E-state index is 0.449. The van der Waals surface area contributed by atoms with Crippen LogP contribution in [0.1, 0.15) is 0 Å². The van der Waals surface area contributed by atoms with Gasteiger partial charge in [0.2, 0.25) is 0 Å². The highest BCUT2D eigenvalue weighted by Gasteiger charge is 2.40. The van der Waals surface area contributed by atoms with Gasteiger partial charge in [0.15, 0.2) is 0 Å². The molecule has 0 saturated carbocycles. The van der Waals surface area contributed by atoms with E-state index in [1.165, 1.54) is 0 Å². The molecule has 0 amide bonds. The van der Waals surface area contributed by atoms with Crippen LogP contribution in [0.5, 0.6) is 0 Å². The molecule has 0 rings (SSSR count). The van der Waals surface area contributed by atoms with Gasteiger partial charge >= 0.3 is 18.5 Å². The standard InChI is InChI=1S/C7H8F4O4/c8-5(9)7(10,11)4-14-2-1-3-15-6(12)13/h1,3,5H,2,4H2,(H,12,13)/b3-1+. The van der Waals surface area contributed by atoms with Gasteiger partial charge in [-0.2, -0.15) is 8.78 Å². The zero-order valence-electron chi connectivity index (χ0n) is 7.33. The summed E-state index contributed by atoms with van der Waals surface area (Å²) in [6, 6.07) is 0. The fourth-order valence-electron chi connectivity index (χ4n) is 0.472. The first-order valence-electron chi connectivity index (χ1n) is 3.64. The van der Waals surface area contributed by atoms with Crippen LogP contribution in [-0.2, 0) is 9.47 Å². The molecule has 0 unspecified atom stereocenters. The van der Waals surface area contributed by atoms with E-state index < -0.39 is 31.7 Å². The van der Waals surface area contributed by atoms with E-state index in [4.69, 9.17) is 5.11 Å². The van der Waals surface area contributed by atoms with Gasteiger partial charge in [0.1, 0.15) is 6.61 Å². The molecular formula is C7H8F4O4. The van der Waals surface area contributed by atoms with Crippen LogP contribution in [0.3, 0.4) is 0 Å². The Morgan fingerprint density at radius 3 is 2.53 bits per heavy atom. The summed E-state index contributed by atoms with van der Waals surface area (Å²) < 4.78 is 55.4. The van der Waals surface area contributed by atoms with Crippen molar-refractivity contribution < 1.29 is 36.9 Å². The maximum Gasteiger partial charge on any atom is 0.510 e. The van der Waals surface area contributed by atoms with Gasteiger partial charge in [0, 0.05) is 0 Å². The second-order valence-electron chi connectivity index (χ2n) is 2.33. The molecule has 15 heavy (non-hydrogen) atoms. The average Bonchev–Trinajstić information content (AvgIpc) is 2.10. The Bertz CT molecular complexity index is 229. The van der Waals surface area contributed by atoms with Gasteiger partial charge in [0.05, 0.1) is 12.9 Å². The topological polar surface area (TPSA) is 55.8 Å². The van der Waals surface area contributed by atoms with Crippen LogP contribution in [-0.4, -0.2) is 36.8 Å². The highest BCUT2D eigenvalue weighted by atomic mass is 19.3. The first-order chi connectivity index (χ1) is 6.86. The molecule has 0 aliphatic heterocycles. The molecular weight excluding hydrogens is 224 g/mol. The van der Waals surface area contributed by atoms with E-state index in [9.17, 15) is 22.4 Å². The lowest BCUT2D eigenvalue weighted by Gasteiger charge is -2.13. The molecule has 0 aliphatic rings. The second-order valence-corrected chi connectivity index (χ2v) is 2.33. The van der Waals surface area contributed by atoms with E-state index in [-0.39, 0.29) is 0 Å². The first-order valence-corrected chi connectivity index (χ1v) is 3.64. The zero-order valence-corrected chi connectivity index (χ0v) is 7.33. The molecule has 1 N–H and O–H groups in total. The fourth-order valence-corrected chi connectivity index (χ4v) is 0.472. The van der Waals surface area contributed by atoms with Crippen LogP contribution in [0.2, 0.25) is 0 Å². The van der Waals surface area contributed by atoms with Gasteiger partial charge in [0.25, 0.3) is 0 Å². The summed E-state index contributed by atoms with van der Waals surface area (Å²) in [5.41, 5.74) is 0. The molecule has 0 radical (unpaired) electrons. The Labute approximate surface area is 82.1 Å². The van der Waals surface area contributed by atoms with Crippen LogP contribution in [0, 0.1) is 0 Å². The van der Waals surface area contributed by atoms with E-state index in [0.717, 1.165) is 6.08 Å². The minimum atomic E-state index is -4.21. The van der Waals surface area contributed by atoms with E-state index in [1.54, 1.807) is 0 Å². The second kappa shape index (κ2) is 6.23. The summed E-state index contributed by atoms with van der Waals surface area (Å²) in [5, 5.41) is 7.94. The van der Waals surface area contributed by atoms with Crippen molar-refractivity contribution in [3.63, 3.8) is 0 Å². The molecule has 0 atom stereocenters. The van der Waals surface area contributed by atoms with Crippen LogP contribution in [0.4, 0.5) is 22.4 Å². The quantitative estimate of drug-likeness (QED) is 0.330. The van der Waals surface area contributed by atoms with Crippen LogP contribution in [0.25, 0.3) is 0 Å². The van der Waals surface area contributed by atoms with Crippen molar-refractivity contribution in [1.82, 2.24) is 0 Å². The third-order valence-corrected chi connectivity index (χ3v) is 1.09. The highest BCUT2D eigenvalue weighted by molar-refractivity contribution is 5.57. The molecule has 0 aliphatic carbocycles. The Balaban J connectivity index is 3.62. The summed E-state index contributed by atoms with van der Waals surface area (Å²) in [4.78, 5) is 9.75. The Morgan fingerprint density at radius 2 is 2.07 bits per heavy atom. The van der Waals surface area contributed by atoms with Crippen LogP contribution < -0.4 is 0 Å². The lowest BCUT2D eigenvalue weighted by molar-refractivity contribution is -0.163. The summed E-state index contributed by atoms with van der Waals surface area (Å²) in [6.45, 7) is -1.89. The van der Waals surface area contributed by atoms with Crippen molar-refractivity contribution in [2.75, 3.05) is 13.2 Å². The van der Waals surface area contributed by atoms with Crippen molar-refractivity contribution in [1.29, 1.82) is 0 Å².